The van der Waals surface area contributed by atoms with Crippen LogP contribution in [0.5, 0.6) is 0 Å². The average molecular weight is 265 g/mol. The van der Waals surface area contributed by atoms with Crippen LogP contribution in [0.3, 0.4) is 0 Å². The molecule has 0 spiro atoms. The highest BCUT2D eigenvalue weighted by Crippen LogP contribution is 2.35. The zero-order valence-electron chi connectivity index (χ0n) is 12.0. The predicted molar refractivity (Wildman–Crippen MR) is 74.9 cm³/mol. The Morgan fingerprint density at radius 3 is 2.42 bits per heavy atom. The maximum Gasteiger partial charge on any atom is 0.310 e. The zero-order chi connectivity index (χ0) is 13.1. The standard InChI is InChI=1S/C16H27NO2/c18-16-14(12-17-9-5-2-6-10-17)11-15(19-16)13-7-3-1-4-8-13/h13-15H,1-12H2/t14-,15+/m1/s1. The Kier molecular flexibility index (Phi) is 4.42. The van der Waals surface area contributed by atoms with Crippen molar-refractivity contribution in [2.24, 2.45) is 11.8 Å². The van der Waals surface area contributed by atoms with Crippen LogP contribution in [0.2, 0.25) is 0 Å². The van der Waals surface area contributed by atoms with Gasteiger partial charge in [0.25, 0.3) is 0 Å². The van der Waals surface area contributed by atoms with Gasteiger partial charge in [0.2, 0.25) is 0 Å². The van der Waals surface area contributed by atoms with E-state index in [0.717, 1.165) is 13.0 Å². The number of piperidine rings is 1. The molecular formula is C16H27NO2. The van der Waals surface area contributed by atoms with Crippen molar-refractivity contribution in [3.05, 3.63) is 0 Å². The summed E-state index contributed by atoms with van der Waals surface area (Å²) in [6.45, 7) is 3.30. The quantitative estimate of drug-likeness (QED) is 0.735. The number of hydrogen-bond acceptors (Lipinski definition) is 3. The Morgan fingerprint density at radius 1 is 1.00 bits per heavy atom. The third-order valence-electron chi connectivity index (χ3n) is 5.22. The van der Waals surface area contributed by atoms with Crippen LogP contribution in [0.1, 0.15) is 57.8 Å². The number of esters is 1. The van der Waals surface area contributed by atoms with Crippen LogP contribution in [0.25, 0.3) is 0 Å². The Morgan fingerprint density at radius 2 is 1.68 bits per heavy atom. The zero-order valence-corrected chi connectivity index (χ0v) is 12.0. The Labute approximate surface area is 116 Å². The molecule has 2 aliphatic heterocycles. The molecule has 0 unspecified atom stereocenters. The highest BCUT2D eigenvalue weighted by Gasteiger charge is 2.39. The van der Waals surface area contributed by atoms with Gasteiger partial charge in [-0.2, -0.15) is 0 Å². The summed E-state index contributed by atoms with van der Waals surface area (Å²) in [6.07, 6.45) is 11.8. The average Bonchev–Trinajstić information content (AvgIpc) is 2.82. The number of hydrogen-bond donors (Lipinski definition) is 0. The van der Waals surface area contributed by atoms with Crippen LogP contribution >= 0.6 is 0 Å². The lowest BCUT2D eigenvalue weighted by Crippen LogP contribution is -2.35. The van der Waals surface area contributed by atoms with Crippen molar-refractivity contribution in [1.29, 1.82) is 0 Å². The fraction of sp³-hybridized carbons (Fsp3) is 0.938. The van der Waals surface area contributed by atoms with Gasteiger partial charge in [-0.1, -0.05) is 25.7 Å². The fourth-order valence-electron chi connectivity index (χ4n) is 4.07. The van der Waals surface area contributed by atoms with Gasteiger partial charge in [0, 0.05) is 6.54 Å². The van der Waals surface area contributed by atoms with E-state index < -0.39 is 0 Å². The SMILES string of the molecule is O=C1O[C@H](C2CCCCC2)C[C@@H]1CN1CCCCC1. The van der Waals surface area contributed by atoms with Gasteiger partial charge in [-0.25, -0.2) is 0 Å². The highest BCUT2D eigenvalue weighted by molar-refractivity contribution is 5.75. The first-order valence-electron chi connectivity index (χ1n) is 8.26. The van der Waals surface area contributed by atoms with Gasteiger partial charge in [0.15, 0.2) is 0 Å². The number of nitrogens with zero attached hydrogens (tertiary/aromatic N) is 1. The minimum absolute atomic E-state index is 0.0844. The lowest BCUT2D eigenvalue weighted by atomic mass is 9.83. The molecule has 0 bridgehead atoms. The van der Waals surface area contributed by atoms with E-state index in [1.807, 2.05) is 0 Å². The van der Waals surface area contributed by atoms with Crippen molar-refractivity contribution in [2.75, 3.05) is 19.6 Å². The van der Waals surface area contributed by atoms with Gasteiger partial charge < -0.3 is 9.64 Å². The van der Waals surface area contributed by atoms with Gasteiger partial charge in [-0.15, -0.1) is 0 Å². The van der Waals surface area contributed by atoms with Gasteiger partial charge in [0.1, 0.15) is 6.10 Å². The molecule has 0 N–H and O–H groups in total. The van der Waals surface area contributed by atoms with Gasteiger partial charge in [-0.3, -0.25) is 4.79 Å². The molecule has 0 amide bonds. The molecule has 3 heteroatoms. The Balaban J connectivity index is 1.51. The van der Waals surface area contributed by atoms with Crippen molar-refractivity contribution in [3.63, 3.8) is 0 Å². The summed E-state index contributed by atoms with van der Waals surface area (Å²) in [7, 11) is 0. The monoisotopic (exact) mass is 265 g/mol. The fourth-order valence-corrected chi connectivity index (χ4v) is 4.07. The van der Waals surface area contributed by atoms with Crippen LogP contribution in [-0.2, 0) is 9.53 Å². The highest BCUT2D eigenvalue weighted by atomic mass is 16.6. The number of ether oxygens (including phenoxy) is 1. The minimum Gasteiger partial charge on any atom is -0.462 e. The molecule has 3 rings (SSSR count). The maximum absolute atomic E-state index is 12.1. The largest absolute Gasteiger partial charge is 0.462 e. The number of carbonyl (C=O) groups excluding carboxylic acids is 1. The number of rotatable bonds is 3. The second-order valence-electron chi connectivity index (χ2n) is 6.67. The summed E-state index contributed by atoms with van der Waals surface area (Å²) in [4.78, 5) is 14.5. The van der Waals surface area contributed by atoms with Gasteiger partial charge in [0.05, 0.1) is 5.92 Å². The van der Waals surface area contributed by atoms with E-state index >= 15 is 0 Å². The molecule has 2 atom stereocenters. The first-order valence-corrected chi connectivity index (χ1v) is 8.26. The van der Waals surface area contributed by atoms with E-state index in [2.05, 4.69) is 4.90 Å². The molecule has 2 heterocycles. The second-order valence-corrected chi connectivity index (χ2v) is 6.67. The van der Waals surface area contributed by atoms with Crippen LogP contribution in [0.15, 0.2) is 0 Å². The lowest BCUT2D eigenvalue weighted by Gasteiger charge is -2.28. The summed E-state index contributed by atoms with van der Waals surface area (Å²) in [5.74, 6) is 0.898. The number of likely N-dealkylation sites (tertiary alicyclic amines) is 1. The van der Waals surface area contributed by atoms with Crippen LogP contribution < -0.4 is 0 Å². The lowest BCUT2D eigenvalue weighted by molar-refractivity contribution is -0.146. The third-order valence-corrected chi connectivity index (χ3v) is 5.22. The molecule has 3 aliphatic rings. The molecule has 0 aromatic heterocycles. The van der Waals surface area contributed by atoms with Crippen LogP contribution in [-0.4, -0.2) is 36.6 Å². The Bertz CT molecular complexity index is 306. The first-order chi connectivity index (χ1) is 9.33. The normalized spacial score (nSPS) is 34.4. The van der Waals surface area contributed by atoms with Crippen molar-refractivity contribution >= 4 is 5.97 Å². The first kappa shape index (κ1) is 13.4. The van der Waals surface area contributed by atoms with Crippen molar-refractivity contribution in [2.45, 2.75) is 63.9 Å². The van der Waals surface area contributed by atoms with Crippen molar-refractivity contribution < 1.29 is 9.53 Å². The molecule has 2 saturated heterocycles. The molecule has 19 heavy (non-hydrogen) atoms. The summed E-state index contributed by atoms with van der Waals surface area (Å²) in [5, 5.41) is 0. The summed E-state index contributed by atoms with van der Waals surface area (Å²) in [6, 6.07) is 0. The second kappa shape index (κ2) is 6.25. The molecule has 1 aliphatic carbocycles. The van der Waals surface area contributed by atoms with Gasteiger partial charge >= 0.3 is 5.97 Å². The number of carbonyl (C=O) groups is 1. The van der Waals surface area contributed by atoms with E-state index in [4.69, 9.17) is 4.74 Å². The molecule has 1 saturated carbocycles. The van der Waals surface area contributed by atoms with Gasteiger partial charge in [-0.05, 0) is 51.1 Å². The van der Waals surface area contributed by atoms with Crippen LogP contribution in [0, 0.1) is 11.8 Å². The summed E-state index contributed by atoms with van der Waals surface area (Å²) in [5.41, 5.74) is 0. The molecule has 3 nitrogen and oxygen atoms in total. The van der Waals surface area contributed by atoms with E-state index in [9.17, 15) is 4.79 Å². The molecule has 0 radical (unpaired) electrons. The predicted octanol–water partition coefficient (Wildman–Crippen LogP) is 2.98. The smallest absolute Gasteiger partial charge is 0.310 e. The molecule has 108 valence electrons. The molecule has 0 aromatic carbocycles. The minimum atomic E-state index is 0.0844. The van der Waals surface area contributed by atoms with Crippen LogP contribution in [0.4, 0.5) is 0 Å². The molecule has 3 fully saturated rings. The molecule has 0 aromatic rings. The van der Waals surface area contributed by atoms with E-state index in [1.54, 1.807) is 0 Å². The van der Waals surface area contributed by atoms with E-state index in [-0.39, 0.29) is 18.0 Å². The van der Waals surface area contributed by atoms with E-state index in [0.29, 0.717) is 5.92 Å². The topological polar surface area (TPSA) is 29.5 Å². The van der Waals surface area contributed by atoms with Crippen molar-refractivity contribution in [1.82, 2.24) is 4.90 Å². The summed E-state index contributed by atoms with van der Waals surface area (Å²) >= 11 is 0. The van der Waals surface area contributed by atoms with Crippen molar-refractivity contribution in [3.8, 4) is 0 Å². The summed E-state index contributed by atoms with van der Waals surface area (Å²) < 4.78 is 5.69. The van der Waals surface area contributed by atoms with E-state index in [1.165, 1.54) is 64.5 Å². The Hall–Kier alpha value is -0.570. The third kappa shape index (κ3) is 3.31. The molecular weight excluding hydrogens is 238 g/mol. The number of cyclic esters (lactones) is 1. The maximum atomic E-state index is 12.1.